The molecule has 0 atom stereocenters. The van der Waals surface area contributed by atoms with Crippen LogP contribution in [0.1, 0.15) is 72.2 Å². The fourth-order valence-corrected chi connectivity index (χ4v) is 13.9. The van der Waals surface area contributed by atoms with E-state index in [9.17, 15) is 0 Å². The molecule has 15 rings (SSSR count). The Bertz CT molecular complexity index is 4730. The van der Waals surface area contributed by atoms with Crippen molar-refractivity contribution in [2.24, 2.45) is 0 Å². The number of hydrogen-bond acceptors (Lipinski definition) is 2. The van der Waals surface area contributed by atoms with E-state index in [0.717, 1.165) is 40.5 Å². The zero-order valence-corrected chi connectivity index (χ0v) is 50.3. The summed E-state index contributed by atoms with van der Waals surface area (Å²) in [4.78, 5) is 4.85. The minimum atomic E-state index is -0.197. The lowest BCUT2D eigenvalue weighted by molar-refractivity contribution is 0.660. The van der Waals surface area contributed by atoms with Crippen LogP contribution in [0.15, 0.2) is 291 Å². The third-order valence-corrected chi connectivity index (χ3v) is 18.8. The maximum absolute atomic E-state index is 2.44. The van der Waals surface area contributed by atoms with Gasteiger partial charge in [-0.2, -0.15) is 0 Å². The van der Waals surface area contributed by atoms with Crippen molar-refractivity contribution in [3.8, 4) is 66.8 Å². The minimum Gasteiger partial charge on any atom is -0.310 e. The second-order valence-electron chi connectivity index (χ2n) is 25.2. The van der Waals surface area contributed by atoms with E-state index in [1.165, 1.54) is 122 Å². The molecule has 0 aliphatic heterocycles. The maximum Gasteiger partial charge on any atom is 0.0468 e. The van der Waals surface area contributed by atoms with Crippen molar-refractivity contribution >= 4 is 44.9 Å². The van der Waals surface area contributed by atoms with Crippen LogP contribution in [0.4, 0.5) is 34.1 Å². The van der Waals surface area contributed by atoms with Crippen molar-refractivity contribution in [1.29, 1.82) is 0 Å². The van der Waals surface area contributed by atoms with Gasteiger partial charge in [-0.1, -0.05) is 245 Å². The van der Waals surface area contributed by atoms with Gasteiger partial charge in [-0.25, -0.2) is 0 Å². The molecule has 0 heterocycles. The van der Waals surface area contributed by atoms with Gasteiger partial charge in [0.05, 0.1) is 0 Å². The van der Waals surface area contributed by atoms with Crippen molar-refractivity contribution in [2.45, 2.75) is 58.8 Å². The van der Waals surface area contributed by atoms with E-state index in [-0.39, 0.29) is 10.8 Å². The predicted octanol–water partition coefficient (Wildman–Crippen LogP) is 23.3. The highest BCUT2D eigenvalue weighted by Gasteiger charge is 2.38. The summed E-state index contributed by atoms with van der Waals surface area (Å²) in [6, 6.07) is 109. The quantitative estimate of drug-likeness (QED) is 0.120. The normalized spacial score (nSPS) is 13.2. The predicted molar refractivity (Wildman–Crippen MR) is 369 cm³/mol. The Hall–Kier alpha value is -10.3. The molecule has 0 N–H and O–H groups in total. The van der Waals surface area contributed by atoms with Gasteiger partial charge in [-0.05, 0) is 216 Å². The number of aryl methyl sites for hydroxylation is 2. The van der Waals surface area contributed by atoms with E-state index >= 15 is 0 Å². The monoisotopic (exact) mass is 1120 g/mol. The average Bonchev–Trinajstić information content (AvgIpc) is 1.63. The summed E-state index contributed by atoms with van der Waals surface area (Å²) in [5.74, 6) is 0. The van der Waals surface area contributed by atoms with E-state index in [1.54, 1.807) is 0 Å². The molecule has 2 aliphatic rings. The van der Waals surface area contributed by atoms with Crippen molar-refractivity contribution in [2.75, 3.05) is 9.80 Å². The molecule has 13 aromatic carbocycles. The highest BCUT2D eigenvalue weighted by atomic mass is 15.1. The van der Waals surface area contributed by atoms with Gasteiger partial charge in [0, 0.05) is 45.0 Å². The van der Waals surface area contributed by atoms with Gasteiger partial charge in [0.15, 0.2) is 0 Å². The summed E-state index contributed by atoms with van der Waals surface area (Å²) < 4.78 is 0. The van der Waals surface area contributed by atoms with Crippen LogP contribution >= 0.6 is 0 Å². The van der Waals surface area contributed by atoms with Crippen molar-refractivity contribution in [3.63, 3.8) is 0 Å². The molecule has 0 saturated heterocycles. The summed E-state index contributed by atoms with van der Waals surface area (Å²) in [5, 5.41) is 2.44. The van der Waals surface area contributed by atoms with Crippen LogP contribution in [0.3, 0.4) is 0 Å². The van der Waals surface area contributed by atoms with Crippen LogP contribution in [0.2, 0.25) is 0 Å². The second kappa shape index (κ2) is 21.3. The highest BCUT2D eigenvalue weighted by molar-refractivity contribution is 5.93. The Morgan fingerprint density at radius 1 is 0.241 bits per heavy atom. The lowest BCUT2D eigenvalue weighted by Gasteiger charge is -2.28. The molecule has 2 aliphatic carbocycles. The first-order valence-corrected chi connectivity index (χ1v) is 30.7. The number of hydrogen-bond donors (Lipinski definition) is 0. The largest absolute Gasteiger partial charge is 0.310 e. The Labute approximate surface area is 513 Å². The van der Waals surface area contributed by atoms with E-state index in [2.05, 4.69) is 343 Å². The summed E-state index contributed by atoms with van der Waals surface area (Å²) in [7, 11) is 0. The summed E-state index contributed by atoms with van der Waals surface area (Å²) in [6.45, 7) is 13.9. The van der Waals surface area contributed by atoms with Gasteiger partial charge in [-0.3, -0.25) is 0 Å². The van der Waals surface area contributed by atoms with Crippen LogP contribution < -0.4 is 9.80 Å². The minimum absolute atomic E-state index is 0.191. The number of nitrogens with zero attached hydrogens (tertiary/aromatic N) is 2. The number of rotatable bonds is 12. The van der Waals surface area contributed by atoms with Gasteiger partial charge in [0.1, 0.15) is 0 Å². The molecule has 0 bridgehead atoms. The lowest BCUT2D eigenvalue weighted by atomic mass is 9.81. The molecule has 418 valence electrons. The van der Waals surface area contributed by atoms with Crippen molar-refractivity contribution in [3.05, 3.63) is 336 Å². The molecule has 0 fully saturated rings. The second-order valence-corrected chi connectivity index (χ2v) is 25.2. The molecule has 0 saturated carbocycles. The molecule has 0 radical (unpaired) electrons. The molecule has 87 heavy (non-hydrogen) atoms. The van der Waals surface area contributed by atoms with E-state index < -0.39 is 0 Å². The third kappa shape index (κ3) is 9.72. The molecular weight excluding hydrogens is 1050 g/mol. The zero-order valence-electron chi connectivity index (χ0n) is 50.3. The van der Waals surface area contributed by atoms with Gasteiger partial charge in [-0.15, -0.1) is 0 Å². The van der Waals surface area contributed by atoms with Crippen LogP contribution in [-0.2, 0) is 17.3 Å². The summed E-state index contributed by atoms with van der Waals surface area (Å²) in [5.41, 5.74) is 32.1. The van der Waals surface area contributed by atoms with Crippen LogP contribution in [0.5, 0.6) is 0 Å². The smallest absolute Gasteiger partial charge is 0.0468 e. The first-order valence-electron chi connectivity index (χ1n) is 30.7. The Morgan fingerprint density at radius 2 is 0.540 bits per heavy atom. The van der Waals surface area contributed by atoms with Gasteiger partial charge in [0.2, 0.25) is 0 Å². The molecule has 0 spiro atoms. The van der Waals surface area contributed by atoms with E-state index in [4.69, 9.17) is 0 Å². The highest BCUT2D eigenvalue weighted by Crippen LogP contribution is 2.54. The van der Waals surface area contributed by atoms with E-state index in [0.29, 0.717) is 0 Å². The van der Waals surface area contributed by atoms with Crippen LogP contribution in [0, 0.1) is 13.8 Å². The number of anilines is 6. The summed E-state index contributed by atoms with van der Waals surface area (Å²) >= 11 is 0. The molecule has 0 unspecified atom stereocenters. The van der Waals surface area contributed by atoms with Gasteiger partial charge < -0.3 is 9.80 Å². The maximum atomic E-state index is 2.44. The Kier molecular flexibility index (Phi) is 13.1. The molecule has 2 nitrogen and oxygen atoms in total. The fourth-order valence-electron chi connectivity index (χ4n) is 13.9. The zero-order chi connectivity index (χ0) is 59.0. The number of fused-ring (bicyclic) bond motifs is 7. The SMILES string of the molecule is Cc1ccc(N(c2ccc(Cc3ccc4cc(N(c5ccc(C)cc5)c5ccc6c(c5)C(C)(C)c5cc(-c7ccc(-c8ccccc8)cc7)ccc5-6)ccc4c3)cc2)c2ccc3c(c2)C(C)(C)c2cc(-c4ccc(-c5ccccc5)cc4)ccc2-3)cc1. The van der Waals surface area contributed by atoms with Crippen molar-refractivity contribution < 1.29 is 0 Å². The van der Waals surface area contributed by atoms with Gasteiger partial charge >= 0.3 is 0 Å². The molecule has 0 aromatic heterocycles. The van der Waals surface area contributed by atoms with Crippen molar-refractivity contribution in [1.82, 2.24) is 0 Å². The third-order valence-electron chi connectivity index (χ3n) is 18.8. The Morgan fingerprint density at radius 3 is 0.989 bits per heavy atom. The lowest BCUT2D eigenvalue weighted by Crippen LogP contribution is -2.16. The first kappa shape index (κ1) is 53.4. The molecule has 13 aromatic rings. The molecule has 2 heteroatoms. The van der Waals surface area contributed by atoms with Crippen LogP contribution in [-0.4, -0.2) is 0 Å². The molecular formula is C85H68N2. The van der Waals surface area contributed by atoms with Gasteiger partial charge in [0.25, 0.3) is 0 Å². The fraction of sp³-hybridized carbons (Fsp3) is 0.106. The Balaban J connectivity index is 0.687. The number of benzene rings is 13. The average molecular weight is 1120 g/mol. The van der Waals surface area contributed by atoms with E-state index in [1.807, 2.05) is 0 Å². The summed E-state index contributed by atoms with van der Waals surface area (Å²) in [6.07, 6.45) is 0.831. The standard InChI is InChI=1S/C85H68N2/c1-56-17-36-70(37-18-56)86(74-43-47-78-76-45-34-68(52-80(76)84(3,4)82(78)54-74)64-29-25-62(26-30-64)60-13-9-7-10-14-60)72-40-22-58(23-41-72)49-59-21-24-67-51-73(42-33-66(67)50-59)87(71-38-19-57(2)20-39-71)75-44-48-79-77-46-35-69(53-81(77)85(5,6)83(79)55-75)65-31-27-63(28-32-65)61-15-11-8-12-16-61/h7-48,50-55H,49H2,1-6H3. The molecule has 0 amide bonds. The first-order chi connectivity index (χ1) is 42.4. The topological polar surface area (TPSA) is 6.48 Å². The van der Waals surface area contributed by atoms with Crippen LogP contribution in [0.25, 0.3) is 77.5 Å².